The van der Waals surface area contributed by atoms with Crippen molar-refractivity contribution in [3.05, 3.63) is 115 Å². The summed E-state index contributed by atoms with van der Waals surface area (Å²) < 4.78 is 20.2. The van der Waals surface area contributed by atoms with Gasteiger partial charge in [0.1, 0.15) is 11.4 Å². The van der Waals surface area contributed by atoms with Crippen LogP contribution in [0.1, 0.15) is 38.9 Å². The fourth-order valence-electron chi connectivity index (χ4n) is 4.08. The molecule has 2 heterocycles. The van der Waals surface area contributed by atoms with Crippen LogP contribution < -0.4 is 5.43 Å². The molecule has 0 radical (unpaired) electrons. The van der Waals surface area contributed by atoms with E-state index in [0.717, 1.165) is 21.2 Å². The first-order valence-electron chi connectivity index (χ1n) is 9.80. The third-order valence-electron chi connectivity index (χ3n) is 5.57. The van der Waals surface area contributed by atoms with Gasteiger partial charge in [-0.2, -0.15) is 0 Å². The average Bonchev–Trinajstić information content (AvgIpc) is 3.03. The van der Waals surface area contributed by atoms with Crippen molar-refractivity contribution >= 4 is 32.8 Å². The second kappa shape index (κ2) is 7.46. The zero-order valence-corrected chi connectivity index (χ0v) is 18.1. The Morgan fingerprint density at radius 2 is 1.71 bits per heavy atom. The van der Waals surface area contributed by atoms with Crippen molar-refractivity contribution < 1.29 is 13.6 Å². The third kappa shape index (κ3) is 3.37. The number of carbonyl (C=O) groups is 1. The molecule has 1 aromatic heterocycles. The van der Waals surface area contributed by atoms with Crippen LogP contribution in [0.15, 0.2) is 80.4 Å². The molecule has 0 bridgehead atoms. The smallest absolute Gasteiger partial charge is 0.291 e. The highest BCUT2D eigenvalue weighted by molar-refractivity contribution is 9.10. The first-order valence-corrected chi connectivity index (χ1v) is 10.6. The second-order valence-corrected chi connectivity index (χ2v) is 8.60. The molecule has 4 nitrogen and oxygen atoms in total. The van der Waals surface area contributed by atoms with E-state index in [1.807, 2.05) is 37.3 Å². The second-order valence-electron chi connectivity index (χ2n) is 7.69. The fraction of sp³-hybridized carbons (Fsp3) is 0.120. The molecule has 0 fully saturated rings. The lowest BCUT2D eigenvalue weighted by atomic mass is 9.98. The number of halogens is 2. The van der Waals surface area contributed by atoms with E-state index < -0.39 is 6.04 Å². The predicted octanol–water partition coefficient (Wildman–Crippen LogP) is 5.75. The monoisotopic (exact) mass is 477 g/mol. The normalized spacial score (nSPS) is 15.5. The van der Waals surface area contributed by atoms with Gasteiger partial charge in [0.25, 0.3) is 5.91 Å². The standard InChI is InChI=1S/C25H17BrFNO3/c1-14-2-11-20-19(12-14)23(29)21-22(16-5-7-17(26)8-6-16)28(25(30)24(21)31-20)13-15-3-9-18(27)10-4-15/h2-12,22H,13H2,1H3. The Labute approximate surface area is 186 Å². The van der Waals surface area contributed by atoms with E-state index in [-0.39, 0.29) is 29.5 Å². The van der Waals surface area contributed by atoms with Gasteiger partial charge in [0, 0.05) is 11.0 Å². The number of hydrogen-bond acceptors (Lipinski definition) is 3. The minimum Gasteiger partial charge on any atom is -0.450 e. The molecule has 5 rings (SSSR count). The summed E-state index contributed by atoms with van der Waals surface area (Å²) in [5, 5.41) is 0.456. The van der Waals surface area contributed by atoms with Crippen molar-refractivity contribution in [3.63, 3.8) is 0 Å². The molecule has 0 saturated carbocycles. The molecule has 1 aliphatic rings. The lowest BCUT2D eigenvalue weighted by Crippen LogP contribution is -2.29. The van der Waals surface area contributed by atoms with Crippen LogP contribution >= 0.6 is 15.9 Å². The highest BCUT2D eigenvalue weighted by atomic mass is 79.9. The van der Waals surface area contributed by atoms with Gasteiger partial charge in [0.05, 0.1) is 17.0 Å². The van der Waals surface area contributed by atoms with E-state index in [9.17, 15) is 14.0 Å². The predicted molar refractivity (Wildman–Crippen MR) is 119 cm³/mol. The van der Waals surface area contributed by atoms with Crippen LogP contribution in [0.25, 0.3) is 11.0 Å². The topological polar surface area (TPSA) is 50.5 Å². The molecule has 6 heteroatoms. The number of fused-ring (bicyclic) bond motifs is 2. The molecule has 1 amide bonds. The van der Waals surface area contributed by atoms with E-state index in [4.69, 9.17) is 4.42 Å². The number of benzene rings is 3. The molecular formula is C25H17BrFNO3. The molecule has 0 spiro atoms. The van der Waals surface area contributed by atoms with Gasteiger partial charge < -0.3 is 9.32 Å². The molecule has 0 N–H and O–H groups in total. The minimum absolute atomic E-state index is 0.0661. The number of carbonyl (C=O) groups excluding carboxylic acids is 1. The largest absolute Gasteiger partial charge is 0.450 e. The summed E-state index contributed by atoms with van der Waals surface area (Å²) in [6, 6.07) is 18.3. The number of hydrogen-bond donors (Lipinski definition) is 0. The van der Waals surface area contributed by atoms with Crippen molar-refractivity contribution in [1.82, 2.24) is 4.90 Å². The summed E-state index contributed by atoms with van der Waals surface area (Å²) in [6.45, 7) is 2.13. The van der Waals surface area contributed by atoms with Gasteiger partial charge in [-0.15, -0.1) is 0 Å². The molecule has 1 unspecified atom stereocenters. The SMILES string of the molecule is Cc1ccc2oc3c(c(=O)c2c1)C(c1ccc(Br)cc1)N(Cc1ccc(F)cc1)C3=O. The first-order chi connectivity index (χ1) is 14.9. The zero-order valence-electron chi connectivity index (χ0n) is 16.6. The van der Waals surface area contributed by atoms with E-state index >= 15 is 0 Å². The molecule has 0 saturated heterocycles. The van der Waals surface area contributed by atoms with Crippen LogP contribution in [0.4, 0.5) is 4.39 Å². The summed E-state index contributed by atoms with van der Waals surface area (Å²) in [5.41, 5.74) is 3.03. The lowest BCUT2D eigenvalue weighted by Gasteiger charge is -2.25. The molecule has 154 valence electrons. The van der Waals surface area contributed by atoms with E-state index in [1.165, 1.54) is 12.1 Å². The maximum atomic E-state index is 13.5. The highest BCUT2D eigenvalue weighted by Gasteiger charge is 2.42. The molecule has 1 aliphatic heterocycles. The average molecular weight is 478 g/mol. The van der Waals surface area contributed by atoms with Gasteiger partial charge in [-0.1, -0.05) is 51.8 Å². The van der Waals surface area contributed by atoms with Crippen molar-refractivity contribution in [2.75, 3.05) is 0 Å². The van der Waals surface area contributed by atoms with Gasteiger partial charge in [-0.05, 0) is 54.4 Å². The molecule has 1 atom stereocenters. The minimum atomic E-state index is -0.596. The van der Waals surface area contributed by atoms with E-state index in [2.05, 4.69) is 15.9 Å². The molecule has 3 aromatic carbocycles. The third-order valence-corrected chi connectivity index (χ3v) is 6.10. The van der Waals surface area contributed by atoms with Crippen LogP contribution in [0.5, 0.6) is 0 Å². The number of rotatable bonds is 3. The summed E-state index contributed by atoms with van der Waals surface area (Å²) >= 11 is 3.43. The van der Waals surface area contributed by atoms with Gasteiger partial charge >= 0.3 is 0 Å². The number of nitrogens with zero attached hydrogens (tertiary/aromatic N) is 1. The Bertz CT molecular complexity index is 1380. The Hall–Kier alpha value is -3.25. The molecule has 0 aliphatic carbocycles. The Morgan fingerprint density at radius 3 is 2.42 bits per heavy atom. The molecular weight excluding hydrogens is 461 g/mol. The van der Waals surface area contributed by atoms with E-state index in [1.54, 1.807) is 29.2 Å². The first kappa shape index (κ1) is 19.7. The maximum Gasteiger partial charge on any atom is 0.291 e. The molecule has 31 heavy (non-hydrogen) atoms. The van der Waals surface area contributed by atoms with Crippen molar-refractivity contribution in [3.8, 4) is 0 Å². The fourth-order valence-corrected chi connectivity index (χ4v) is 4.34. The van der Waals surface area contributed by atoms with Crippen molar-refractivity contribution in [2.24, 2.45) is 0 Å². The van der Waals surface area contributed by atoms with Crippen LogP contribution in [0, 0.1) is 12.7 Å². The van der Waals surface area contributed by atoms with Crippen molar-refractivity contribution in [2.45, 2.75) is 19.5 Å². The number of aryl methyl sites for hydroxylation is 1. The highest BCUT2D eigenvalue weighted by Crippen LogP contribution is 2.39. The van der Waals surface area contributed by atoms with Crippen LogP contribution in [-0.4, -0.2) is 10.8 Å². The Morgan fingerprint density at radius 1 is 1.00 bits per heavy atom. The quantitative estimate of drug-likeness (QED) is 0.377. The van der Waals surface area contributed by atoms with E-state index in [0.29, 0.717) is 16.5 Å². The van der Waals surface area contributed by atoms with Gasteiger partial charge in [0.2, 0.25) is 5.76 Å². The van der Waals surface area contributed by atoms with Gasteiger partial charge in [-0.3, -0.25) is 9.59 Å². The lowest BCUT2D eigenvalue weighted by molar-refractivity contribution is 0.0714. The van der Waals surface area contributed by atoms with Crippen LogP contribution in [0.2, 0.25) is 0 Å². The van der Waals surface area contributed by atoms with Crippen LogP contribution in [-0.2, 0) is 6.54 Å². The van der Waals surface area contributed by atoms with Crippen LogP contribution in [0.3, 0.4) is 0 Å². The molecule has 4 aromatic rings. The van der Waals surface area contributed by atoms with Gasteiger partial charge in [-0.25, -0.2) is 4.39 Å². The van der Waals surface area contributed by atoms with Gasteiger partial charge in [0.15, 0.2) is 5.43 Å². The summed E-state index contributed by atoms with van der Waals surface area (Å²) in [7, 11) is 0. The zero-order chi connectivity index (χ0) is 21.7. The summed E-state index contributed by atoms with van der Waals surface area (Å²) in [6.07, 6.45) is 0. The maximum absolute atomic E-state index is 13.5. The van der Waals surface area contributed by atoms with Crippen molar-refractivity contribution in [1.29, 1.82) is 0 Å². The summed E-state index contributed by atoms with van der Waals surface area (Å²) in [5.74, 6) is -0.633. The Balaban J connectivity index is 1.72. The number of amides is 1. The Kier molecular flexibility index (Phi) is 4.74. The summed E-state index contributed by atoms with van der Waals surface area (Å²) in [4.78, 5) is 28.5.